The van der Waals surface area contributed by atoms with Gasteiger partial charge in [0.15, 0.2) is 0 Å². The number of aromatic nitrogens is 4. The van der Waals surface area contributed by atoms with Crippen molar-refractivity contribution in [2.75, 3.05) is 19.6 Å². The van der Waals surface area contributed by atoms with Gasteiger partial charge >= 0.3 is 0 Å². The number of fused-ring (bicyclic) bond motifs is 2. The molecular weight excluding hydrogens is 2370 g/mol. The second kappa shape index (κ2) is 53.3. The number of aliphatic imine (C=N–C) groups is 4. The zero-order valence-electron chi connectivity index (χ0n) is 77.1. The number of benzene rings is 10. The van der Waals surface area contributed by atoms with E-state index in [1.807, 2.05) is 232 Å². The fourth-order valence-electron chi connectivity index (χ4n) is 16.1. The second-order valence-corrected chi connectivity index (χ2v) is 32.2. The quantitative estimate of drug-likeness (QED) is 0.0878. The van der Waals surface area contributed by atoms with Gasteiger partial charge in [0.2, 0.25) is 0 Å². The SMILES string of the molecule is Cc1cccc(C)c1N1C=[C-]B(c2ccccn2)C=C1.Cc1cccc(C)c1N1C=[C-]B(c2ccccn2)C=C1.Cc1cccc(C)c1N1C=[C-]B(c2ccccn2)C=C1.Cc1cccc(C)c1N1C=[C-]B(c2ccccn2)C=C1.[Ir].[Ir].[Ir].[Ir].[c-]1ccccc1C1=NC=CC1.[c-]1ccccc1C1=NC=CC1.[c-]1ccccc1C1=Nc2ccccc2C1.[c-]1ccccc1C1=Nc2ccccc2C1. The molecule has 136 heavy (non-hydrogen) atoms. The Bertz CT molecular complexity index is 5900. The summed E-state index contributed by atoms with van der Waals surface area (Å²) in [7, 11) is 0. The van der Waals surface area contributed by atoms with E-state index in [1.54, 1.807) is 0 Å². The predicted octanol–water partition coefficient (Wildman–Crippen LogP) is 22.0. The third-order valence-corrected chi connectivity index (χ3v) is 22.7. The van der Waals surface area contributed by atoms with E-state index in [1.165, 1.54) is 78.4 Å². The van der Waals surface area contributed by atoms with Gasteiger partial charge in [0, 0.05) is 140 Å². The first kappa shape index (κ1) is 103. The van der Waals surface area contributed by atoms with Crippen LogP contribution in [0.25, 0.3) is 0 Å². The summed E-state index contributed by atoms with van der Waals surface area (Å²) in [4.78, 5) is 43.7. The number of hydrogen-bond acceptors (Lipinski definition) is 12. The van der Waals surface area contributed by atoms with E-state index in [4.69, 9.17) is 0 Å². The van der Waals surface area contributed by atoms with E-state index >= 15 is 0 Å². The van der Waals surface area contributed by atoms with E-state index < -0.39 is 0 Å². The van der Waals surface area contributed by atoms with E-state index in [0.717, 1.165) is 105 Å². The topological polar surface area (TPSA) is 114 Å². The van der Waals surface area contributed by atoms with Gasteiger partial charge in [0.05, 0.1) is 38.2 Å². The Morgan fingerprint density at radius 3 is 0.706 bits per heavy atom. The van der Waals surface area contributed by atoms with Gasteiger partial charge in [-0.15, -0.1) is 167 Å². The van der Waals surface area contributed by atoms with Crippen molar-refractivity contribution in [2.45, 2.75) is 81.1 Å². The summed E-state index contributed by atoms with van der Waals surface area (Å²) < 4.78 is 0. The first-order valence-electron chi connectivity index (χ1n) is 44.6. The zero-order valence-corrected chi connectivity index (χ0v) is 86.7. The summed E-state index contributed by atoms with van der Waals surface area (Å²) >= 11 is 0. The Kier molecular flexibility index (Phi) is 40.5. The second-order valence-electron chi connectivity index (χ2n) is 32.2. The van der Waals surface area contributed by atoms with Gasteiger partial charge in [0.1, 0.15) is 0 Å². The van der Waals surface area contributed by atoms with Gasteiger partial charge in [-0.3, -0.25) is 19.9 Å². The van der Waals surface area contributed by atoms with Crippen molar-refractivity contribution in [3.63, 3.8) is 0 Å². The van der Waals surface area contributed by atoms with Crippen molar-refractivity contribution in [2.24, 2.45) is 20.0 Å². The third kappa shape index (κ3) is 28.5. The molecule has 4 radical (unpaired) electrons. The molecule has 14 aromatic rings. The van der Waals surface area contributed by atoms with Crippen LogP contribution in [-0.2, 0) is 93.3 Å². The molecule has 0 spiro atoms. The van der Waals surface area contributed by atoms with Gasteiger partial charge in [0.25, 0.3) is 0 Å². The standard InChI is InChI=1S/4C17H16BN2.2C14H10N.2C10H8N.4Ir/c4*1-14-6-5-7-15(2)17(14)20-12-9-18(10-13-20)16-8-3-4-11-19-16;2*1-2-6-11(7-3-1)14-10-12-8-4-5-9-13(12)15-14;2*1-2-5-9(6-3-1)10-7-4-8-11-10;;;;/h4*3-9,11-13H,1-2H3;2*1-6,8-9H,10H2;2*1-5,8H,7H2;;;;/q8*-1;;;;. The Labute approximate surface area is 859 Å². The number of anilines is 4. The minimum Gasteiger partial charge on any atom is -0.494 e. The van der Waals surface area contributed by atoms with Crippen LogP contribution in [0.1, 0.15) is 90.7 Å². The van der Waals surface area contributed by atoms with Gasteiger partial charge in [-0.2, -0.15) is 24.8 Å². The maximum Gasteiger partial charge on any atom is 0.0585 e. The molecule has 0 N–H and O–H groups in total. The van der Waals surface area contributed by atoms with Crippen molar-refractivity contribution in [3.05, 3.63) is 540 Å². The van der Waals surface area contributed by atoms with Crippen LogP contribution in [0, 0.1) is 104 Å². The molecule has 8 aliphatic rings. The summed E-state index contributed by atoms with van der Waals surface area (Å²) in [5, 5.41) is 0. The summed E-state index contributed by atoms with van der Waals surface area (Å²) in [6.45, 7) is 17.6. The van der Waals surface area contributed by atoms with Crippen LogP contribution in [0.2, 0.25) is 0 Å². The number of aryl methyl sites for hydroxylation is 8. The molecule has 20 heteroatoms. The molecule has 22 rings (SSSR count). The van der Waals surface area contributed by atoms with Crippen molar-refractivity contribution in [1.29, 1.82) is 0 Å². The molecule has 0 bridgehead atoms. The molecule has 0 fully saturated rings. The van der Waals surface area contributed by atoms with Crippen LogP contribution in [-0.4, -0.2) is 69.6 Å². The van der Waals surface area contributed by atoms with Crippen LogP contribution in [0.3, 0.4) is 0 Å². The number of allylic oxidation sites excluding steroid dienone is 2. The van der Waals surface area contributed by atoms with Crippen molar-refractivity contribution < 1.29 is 80.4 Å². The van der Waals surface area contributed by atoms with Crippen LogP contribution >= 0.6 is 0 Å². The molecule has 0 aliphatic carbocycles. The predicted molar refractivity (Wildman–Crippen MR) is 554 cm³/mol. The molecule has 0 amide bonds. The summed E-state index contributed by atoms with van der Waals surface area (Å²) in [6, 6.07) is 110. The fraction of sp³-hybridized carbons (Fsp3) is 0.103. The van der Waals surface area contributed by atoms with Crippen molar-refractivity contribution in [1.82, 2.24) is 19.9 Å². The molecule has 4 aromatic heterocycles. The minimum atomic E-state index is 0. The molecule has 0 unspecified atom stereocenters. The van der Waals surface area contributed by atoms with Crippen LogP contribution < -0.4 is 42.0 Å². The van der Waals surface area contributed by atoms with E-state index in [2.05, 4.69) is 345 Å². The number of pyridine rings is 4. The summed E-state index contributed by atoms with van der Waals surface area (Å²) in [5.74, 6) is 22.1. The number of hydrogen-bond donors (Lipinski definition) is 0. The van der Waals surface area contributed by atoms with E-state index in [-0.39, 0.29) is 107 Å². The van der Waals surface area contributed by atoms with Crippen LogP contribution in [0.5, 0.6) is 0 Å². The number of para-hydroxylation sites is 6. The molecule has 0 atom stereocenters. The molecule has 12 heterocycles. The molecule has 10 aromatic carbocycles. The van der Waals surface area contributed by atoms with Crippen LogP contribution in [0.15, 0.2) is 434 Å². The maximum atomic E-state index is 4.61. The fourth-order valence-corrected chi connectivity index (χ4v) is 16.1. The van der Waals surface area contributed by atoms with Crippen molar-refractivity contribution in [3.8, 4) is 0 Å². The zero-order chi connectivity index (χ0) is 91.0. The monoisotopic (exact) mass is 2480 g/mol. The molecule has 680 valence electrons. The molecule has 8 aliphatic heterocycles. The Morgan fingerprint density at radius 1 is 0.257 bits per heavy atom. The van der Waals surface area contributed by atoms with Gasteiger partial charge in [-0.05, 0) is 243 Å². The van der Waals surface area contributed by atoms with Crippen molar-refractivity contribution >= 4 is 106 Å². The van der Waals surface area contributed by atoms with Gasteiger partial charge < -0.3 is 63.5 Å². The first-order chi connectivity index (χ1) is 64.8. The molecule has 0 saturated heterocycles. The molecular formula is C116H100B4Ir4N12-8. The van der Waals surface area contributed by atoms with Gasteiger partial charge in [-0.25, -0.2) is 0 Å². The summed E-state index contributed by atoms with van der Waals surface area (Å²) in [5.41, 5.74) is 32.9. The Hall–Kier alpha value is -13.1. The van der Waals surface area contributed by atoms with E-state index in [0.29, 0.717) is 0 Å². The number of nitrogens with zero attached hydrogens (tertiary/aromatic N) is 12. The minimum absolute atomic E-state index is 0. The maximum absolute atomic E-state index is 4.61. The number of rotatable bonds is 12. The first-order valence-corrected chi connectivity index (χ1v) is 44.6. The average Bonchev–Trinajstić information content (AvgIpc) is 1.80. The van der Waals surface area contributed by atoms with E-state index in [9.17, 15) is 0 Å². The van der Waals surface area contributed by atoms with Crippen LogP contribution in [0.4, 0.5) is 34.1 Å². The third-order valence-electron chi connectivity index (χ3n) is 22.7. The Morgan fingerprint density at radius 2 is 0.500 bits per heavy atom. The Balaban J connectivity index is 0.000000150. The summed E-state index contributed by atoms with van der Waals surface area (Å²) in [6.07, 6.45) is 35.3. The average molecular weight is 2470 g/mol. The smallest absolute Gasteiger partial charge is 0.0585 e. The molecule has 0 saturated carbocycles. The molecule has 12 nitrogen and oxygen atoms in total. The normalized spacial score (nSPS) is 13.6. The largest absolute Gasteiger partial charge is 0.494 e. The van der Waals surface area contributed by atoms with Gasteiger partial charge in [-0.1, -0.05) is 170 Å².